The van der Waals surface area contributed by atoms with E-state index in [2.05, 4.69) is 36.9 Å². The Bertz CT molecular complexity index is 1190. The van der Waals surface area contributed by atoms with Gasteiger partial charge in [-0.05, 0) is 82.1 Å². The molecule has 1 saturated carbocycles. The number of imidazole rings is 1. The molecule has 0 radical (unpaired) electrons. The van der Waals surface area contributed by atoms with Crippen molar-refractivity contribution in [1.29, 1.82) is 0 Å². The number of hydrogen-bond donors (Lipinski definition) is 2. The minimum atomic E-state index is -0.148. The van der Waals surface area contributed by atoms with Crippen molar-refractivity contribution in [2.75, 3.05) is 0 Å². The molecule has 2 heterocycles. The summed E-state index contributed by atoms with van der Waals surface area (Å²) in [7, 11) is 0. The first kappa shape index (κ1) is 17.4. The highest BCUT2D eigenvalue weighted by molar-refractivity contribution is 9.10. The van der Waals surface area contributed by atoms with Crippen LogP contribution in [0.4, 0.5) is 4.39 Å². The summed E-state index contributed by atoms with van der Waals surface area (Å²) in [4.78, 5) is 12.1. The summed E-state index contributed by atoms with van der Waals surface area (Å²) < 4.78 is 14.8. The number of nitrogens with zero attached hydrogens (tertiary/aromatic N) is 2. The van der Waals surface area contributed by atoms with E-state index in [4.69, 9.17) is 0 Å². The van der Waals surface area contributed by atoms with Gasteiger partial charge in [0.05, 0.1) is 5.52 Å². The molecule has 4 nitrogen and oxygen atoms in total. The molecule has 2 aromatic heterocycles. The number of nitrogens with one attached hydrogen (secondary N) is 1. The van der Waals surface area contributed by atoms with Gasteiger partial charge in [0.25, 0.3) is 0 Å². The Morgan fingerprint density at radius 2 is 2.04 bits per heavy atom. The molecule has 1 aliphatic carbocycles. The van der Waals surface area contributed by atoms with Crippen molar-refractivity contribution < 1.29 is 9.50 Å². The Morgan fingerprint density at radius 1 is 1.18 bits per heavy atom. The maximum absolute atomic E-state index is 13.9. The van der Waals surface area contributed by atoms with Crippen LogP contribution >= 0.6 is 15.9 Å². The van der Waals surface area contributed by atoms with Crippen LogP contribution in [0.25, 0.3) is 22.6 Å². The summed E-state index contributed by atoms with van der Waals surface area (Å²) in [6.07, 6.45) is 3.41. The summed E-state index contributed by atoms with van der Waals surface area (Å²) in [6, 6.07) is 14.4. The average Bonchev–Trinajstić information content (AvgIpc) is 3.31. The van der Waals surface area contributed by atoms with Crippen LogP contribution in [0.2, 0.25) is 0 Å². The summed E-state index contributed by atoms with van der Waals surface area (Å²) in [6.45, 7) is 0. The fraction of sp³-hybridized carbons (Fsp3) is 0.182. The minimum Gasteiger partial charge on any atom is -0.508 e. The van der Waals surface area contributed by atoms with Gasteiger partial charge in [0.2, 0.25) is 0 Å². The van der Waals surface area contributed by atoms with Crippen molar-refractivity contribution in [1.82, 2.24) is 15.0 Å². The summed E-state index contributed by atoms with van der Waals surface area (Å²) >= 11 is 3.41. The Kier molecular flexibility index (Phi) is 4.16. The predicted octanol–water partition coefficient (Wildman–Crippen LogP) is 5.58. The van der Waals surface area contributed by atoms with E-state index in [1.165, 1.54) is 6.07 Å². The first-order chi connectivity index (χ1) is 13.6. The number of hydrogen-bond acceptors (Lipinski definition) is 3. The third-order valence-electron chi connectivity index (χ3n) is 5.31. The SMILES string of the molecule is Oc1cc(-c2nc3ncc(Br)cc3[nH]2)cc(C2CC2Cc2ccccc2F)c1. The van der Waals surface area contributed by atoms with Gasteiger partial charge in [-0.25, -0.2) is 14.4 Å². The number of rotatable bonds is 4. The van der Waals surface area contributed by atoms with Crippen molar-refractivity contribution in [2.24, 2.45) is 5.92 Å². The van der Waals surface area contributed by atoms with Crippen LogP contribution in [0.1, 0.15) is 23.5 Å². The summed E-state index contributed by atoms with van der Waals surface area (Å²) in [5.41, 5.74) is 4.10. The van der Waals surface area contributed by atoms with Crippen LogP contribution in [-0.4, -0.2) is 20.1 Å². The van der Waals surface area contributed by atoms with Gasteiger partial charge in [0.1, 0.15) is 17.4 Å². The van der Waals surface area contributed by atoms with Crippen molar-refractivity contribution in [3.63, 3.8) is 0 Å². The molecule has 0 amide bonds. The van der Waals surface area contributed by atoms with E-state index in [1.54, 1.807) is 24.4 Å². The quantitative estimate of drug-likeness (QED) is 0.438. The number of fused-ring (bicyclic) bond motifs is 1. The highest BCUT2D eigenvalue weighted by Crippen LogP contribution is 2.50. The molecule has 0 saturated heterocycles. The van der Waals surface area contributed by atoms with Gasteiger partial charge in [-0.1, -0.05) is 18.2 Å². The molecule has 2 unspecified atom stereocenters. The number of benzene rings is 2. The number of pyridine rings is 1. The lowest BCUT2D eigenvalue weighted by Gasteiger charge is -2.06. The van der Waals surface area contributed by atoms with Crippen LogP contribution in [0.3, 0.4) is 0 Å². The maximum atomic E-state index is 13.9. The average molecular weight is 438 g/mol. The number of aromatic nitrogens is 3. The molecule has 0 spiro atoms. The van der Waals surface area contributed by atoms with Crippen molar-refractivity contribution in [3.05, 3.63) is 76.1 Å². The largest absolute Gasteiger partial charge is 0.508 e. The van der Waals surface area contributed by atoms with E-state index in [9.17, 15) is 9.50 Å². The summed E-state index contributed by atoms with van der Waals surface area (Å²) in [5.74, 6) is 1.44. The highest BCUT2D eigenvalue weighted by atomic mass is 79.9. The normalized spacial score (nSPS) is 18.5. The molecule has 2 N–H and O–H groups in total. The van der Waals surface area contributed by atoms with E-state index < -0.39 is 0 Å². The lowest BCUT2D eigenvalue weighted by molar-refractivity contribution is 0.474. The molecule has 1 aliphatic rings. The maximum Gasteiger partial charge on any atom is 0.178 e. The lowest BCUT2D eigenvalue weighted by Crippen LogP contribution is -1.94. The zero-order valence-corrected chi connectivity index (χ0v) is 16.4. The molecule has 5 rings (SSSR count). The molecule has 1 fully saturated rings. The van der Waals surface area contributed by atoms with Crippen molar-refractivity contribution in [2.45, 2.75) is 18.8 Å². The predicted molar refractivity (Wildman–Crippen MR) is 110 cm³/mol. The Hall–Kier alpha value is -2.73. The first-order valence-electron chi connectivity index (χ1n) is 9.16. The van der Waals surface area contributed by atoms with E-state index >= 15 is 0 Å². The van der Waals surface area contributed by atoms with E-state index in [-0.39, 0.29) is 11.6 Å². The molecule has 0 aliphatic heterocycles. The number of aromatic hydroxyl groups is 1. The third kappa shape index (κ3) is 3.29. The first-order valence-corrected chi connectivity index (χ1v) is 9.95. The number of H-pyrrole nitrogens is 1. The van der Waals surface area contributed by atoms with Crippen LogP contribution in [0.15, 0.2) is 59.2 Å². The van der Waals surface area contributed by atoms with E-state index in [0.717, 1.165) is 33.1 Å². The van der Waals surface area contributed by atoms with Gasteiger partial charge in [-0.3, -0.25) is 0 Å². The molecule has 140 valence electrons. The van der Waals surface area contributed by atoms with Gasteiger partial charge < -0.3 is 10.1 Å². The smallest absolute Gasteiger partial charge is 0.178 e. The second-order valence-electron chi connectivity index (χ2n) is 7.32. The standard InChI is InChI=1S/C22H17BrFN3O/c23-16-10-20-22(25-11-16)27-21(26-20)15-6-13(7-17(28)8-15)18-9-14(18)5-12-3-1-2-4-19(12)24/h1-4,6-8,10-11,14,18,28H,5,9H2,(H,25,26,27). The summed E-state index contributed by atoms with van der Waals surface area (Å²) in [5, 5.41) is 10.2. The van der Waals surface area contributed by atoms with Crippen molar-refractivity contribution >= 4 is 27.1 Å². The van der Waals surface area contributed by atoms with Gasteiger partial charge in [-0.2, -0.15) is 0 Å². The minimum absolute atomic E-state index is 0.148. The second-order valence-corrected chi connectivity index (χ2v) is 8.24. The Labute approximate surface area is 169 Å². The van der Waals surface area contributed by atoms with Crippen LogP contribution in [-0.2, 0) is 6.42 Å². The zero-order chi connectivity index (χ0) is 19.3. The van der Waals surface area contributed by atoms with E-state index in [0.29, 0.717) is 29.7 Å². The number of phenolic OH excluding ortho intramolecular Hbond substituents is 1. The topological polar surface area (TPSA) is 61.8 Å². The molecule has 2 aromatic carbocycles. The molecule has 0 bridgehead atoms. The molecule has 4 aromatic rings. The van der Waals surface area contributed by atoms with Gasteiger partial charge in [-0.15, -0.1) is 0 Å². The Balaban J connectivity index is 1.42. The molecular formula is C22H17BrFN3O. The van der Waals surface area contributed by atoms with Crippen LogP contribution < -0.4 is 0 Å². The molecular weight excluding hydrogens is 421 g/mol. The number of aromatic amines is 1. The van der Waals surface area contributed by atoms with Gasteiger partial charge >= 0.3 is 0 Å². The fourth-order valence-electron chi connectivity index (χ4n) is 3.82. The van der Waals surface area contributed by atoms with E-state index in [1.807, 2.05) is 18.2 Å². The monoisotopic (exact) mass is 437 g/mol. The van der Waals surface area contributed by atoms with Crippen molar-refractivity contribution in [3.8, 4) is 17.1 Å². The molecule has 2 atom stereocenters. The zero-order valence-electron chi connectivity index (χ0n) is 14.9. The molecule has 28 heavy (non-hydrogen) atoms. The third-order valence-corrected chi connectivity index (χ3v) is 5.74. The second kappa shape index (κ2) is 6.71. The number of phenols is 1. The molecule has 6 heteroatoms. The lowest BCUT2D eigenvalue weighted by atomic mass is 10.0. The van der Waals surface area contributed by atoms with Gasteiger partial charge in [0, 0.05) is 16.2 Å². The highest BCUT2D eigenvalue weighted by Gasteiger charge is 2.39. The fourth-order valence-corrected chi connectivity index (χ4v) is 4.16. The Morgan fingerprint density at radius 3 is 2.89 bits per heavy atom. The van der Waals surface area contributed by atoms with Crippen LogP contribution in [0.5, 0.6) is 5.75 Å². The van der Waals surface area contributed by atoms with Crippen LogP contribution in [0, 0.1) is 11.7 Å². The van der Waals surface area contributed by atoms with Gasteiger partial charge in [0.15, 0.2) is 5.65 Å². The number of halogens is 2.